The quantitative estimate of drug-likeness (QED) is 0.0261. The lowest BCUT2D eigenvalue weighted by atomic mass is 9.97. The van der Waals surface area contributed by atoms with E-state index >= 15 is 0 Å². The second-order valence-electron chi connectivity index (χ2n) is 32.2. The fourth-order valence-corrected chi connectivity index (χ4v) is 8.01. The molecule has 0 rings (SSSR count). The molecule has 0 amide bonds. The molecule has 0 aromatic heterocycles. The van der Waals surface area contributed by atoms with E-state index in [1.54, 1.807) is 0 Å². The molecule has 7 heteroatoms. The summed E-state index contributed by atoms with van der Waals surface area (Å²) < 4.78 is 15.3. The van der Waals surface area contributed by atoms with Gasteiger partial charge in [0.1, 0.15) is 6.10 Å². The Morgan fingerprint density at radius 3 is 0.804 bits per heavy atom. The van der Waals surface area contributed by atoms with Crippen LogP contribution in [0.4, 0.5) is 0 Å². The van der Waals surface area contributed by atoms with Gasteiger partial charge in [0.2, 0.25) is 0 Å². The van der Waals surface area contributed by atoms with Gasteiger partial charge in [-0.15, -0.1) is 0 Å². The Kier molecular flexibility index (Phi) is 87.7. The molecule has 0 aromatic rings. The average Bonchev–Trinajstić information content (AvgIpc) is 2.72. The summed E-state index contributed by atoms with van der Waals surface area (Å²) in [6.45, 7) is 68.6. The van der Waals surface area contributed by atoms with Crippen LogP contribution in [0.1, 0.15) is 395 Å². The smallest absolute Gasteiger partial charge is 0.308 e. The molecule has 0 saturated carbocycles. The maximum absolute atomic E-state index is 11.6. The predicted molar refractivity (Wildman–Crippen MR) is 417 cm³/mol. The Morgan fingerprint density at radius 1 is 0.337 bits per heavy atom. The first-order valence-electron chi connectivity index (χ1n) is 39.3. The predicted octanol–water partition coefficient (Wildman–Crippen LogP) is 27.8. The zero-order valence-electron chi connectivity index (χ0n) is 69.6. The van der Waals surface area contributed by atoms with Gasteiger partial charge >= 0.3 is 17.9 Å². The molecule has 0 N–H and O–H groups in total. The van der Waals surface area contributed by atoms with Crippen molar-refractivity contribution in [2.75, 3.05) is 14.1 Å². The van der Waals surface area contributed by atoms with Gasteiger partial charge in [0.15, 0.2) is 0 Å². The summed E-state index contributed by atoms with van der Waals surface area (Å²) in [5.41, 5.74) is 0. The van der Waals surface area contributed by atoms with Crippen molar-refractivity contribution in [1.29, 1.82) is 0 Å². The summed E-state index contributed by atoms with van der Waals surface area (Å²) in [6, 6.07) is 0.685. The van der Waals surface area contributed by atoms with Crippen molar-refractivity contribution >= 4 is 17.9 Å². The Morgan fingerprint density at radius 2 is 0.609 bits per heavy atom. The maximum Gasteiger partial charge on any atom is 0.308 e. The highest BCUT2D eigenvalue weighted by Gasteiger charge is 2.20. The summed E-state index contributed by atoms with van der Waals surface area (Å²) >= 11 is 0. The SMILES string of the molecule is CC(C)CCC(=O)OC(CC(C)C)C(C)C.CC(C)CCCCCCCC(C)C.CC(C)CCCCCCCC(C)C.CC(C)N(C)C.CC(C)OC(=O)C(C)C.CC(C)OC(=O)C(C)C.CCCCCC/C=C\C(C)C(C)C.CCCCCC/C=C\C(C)C(C)C. The number of carbonyl (C=O) groups excluding carboxylic acids is 3. The van der Waals surface area contributed by atoms with Crippen LogP contribution in [0.15, 0.2) is 24.3 Å². The van der Waals surface area contributed by atoms with E-state index in [4.69, 9.17) is 14.2 Å². The van der Waals surface area contributed by atoms with Crippen LogP contribution in [0, 0.1) is 76.9 Å². The van der Waals surface area contributed by atoms with Crippen LogP contribution in [-0.2, 0) is 28.6 Å². The summed E-state index contributed by atoms with van der Waals surface area (Å²) in [6.07, 6.45) is 45.8. The largest absolute Gasteiger partial charge is 0.463 e. The van der Waals surface area contributed by atoms with E-state index in [9.17, 15) is 14.4 Å². The molecule has 0 heterocycles. The van der Waals surface area contributed by atoms with Gasteiger partial charge < -0.3 is 19.1 Å². The zero-order valence-corrected chi connectivity index (χ0v) is 69.6. The third-order valence-electron chi connectivity index (χ3n) is 15.9. The molecule has 0 aromatic carbocycles. The molecule has 0 aliphatic heterocycles. The van der Waals surface area contributed by atoms with Crippen molar-refractivity contribution in [3.63, 3.8) is 0 Å². The maximum atomic E-state index is 11.6. The highest BCUT2D eigenvalue weighted by atomic mass is 16.6. The van der Waals surface area contributed by atoms with Crippen LogP contribution >= 0.6 is 0 Å². The van der Waals surface area contributed by atoms with E-state index in [2.05, 4.69) is 209 Å². The Balaban J connectivity index is -0.000000148. The van der Waals surface area contributed by atoms with Gasteiger partial charge in [0.25, 0.3) is 0 Å². The van der Waals surface area contributed by atoms with Crippen molar-refractivity contribution in [2.24, 2.45) is 76.9 Å². The van der Waals surface area contributed by atoms with Crippen LogP contribution < -0.4 is 0 Å². The number of ether oxygens (including phenoxy) is 3. The van der Waals surface area contributed by atoms with Crippen molar-refractivity contribution in [3.05, 3.63) is 24.3 Å². The number of esters is 3. The van der Waals surface area contributed by atoms with Crippen molar-refractivity contribution in [2.45, 2.75) is 419 Å². The first-order chi connectivity index (χ1) is 42.7. The summed E-state index contributed by atoms with van der Waals surface area (Å²) in [4.78, 5) is 35.3. The van der Waals surface area contributed by atoms with Gasteiger partial charge in [0, 0.05) is 12.5 Å². The Hall–Kier alpha value is -2.15. The molecule has 558 valence electrons. The van der Waals surface area contributed by atoms with E-state index < -0.39 is 0 Å². The summed E-state index contributed by atoms with van der Waals surface area (Å²) in [5, 5.41) is 0. The fraction of sp³-hybridized carbons (Fsp3) is 0.918. The van der Waals surface area contributed by atoms with Crippen LogP contribution in [0.3, 0.4) is 0 Å². The third kappa shape index (κ3) is 107. The summed E-state index contributed by atoms with van der Waals surface area (Å²) in [7, 11) is 4.15. The van der Waals surface area contributed by atoms with E-state index in [-0.39, 0.29) is 48.1 Å². The van der Waals surface area contributed by atoms with Crippen LogP contribution in [0.2, 0.25) is 0 Å². The number of unbranched alkanes of at least 4 members (excludes halogenated alkanes) is 16. The number of nitrogens with zero attached hydrogens (tertiary/aromatic N) is 1. The number of carbonyl (C=O) groups is 3. The van der Waals surface area contributed by atoms with Crippen molar-refractivity contribution < 1.29 is 28.6 Å². The van der Waals surface area contributed by atoms with Gasteiger partial charge in [-0.25, -0.2) is 0 Å². The third-order valence-corrected chi connectivity index (χ3v) is 15.9. The highest BCUT2D eigenvalue weighted by Crippen LogP contribution is 2.20. The van der Waals surface area contributed by atoms with Gasteiger partial charge in [0.05, 0.1) is 24.0 Å². The molecule has 0 aliphatic carbocycles. The van der Waals surface area contributed by atoms with Gasteiger partial charge in [-0.1, -0.05) is 333 Å². The Labute approximate surface area is 583 Å². The van der Waals surface area contributed by atoms with Crippen molar-refractivity contribution in [3.8, 4) is 0 Å². The molecular formula is C85H177NO6. The first-order valence-corrected chi connectivity index (χ1v) is 39.3. The number of rotatable bonds is 42. The second-order valence-corrected chi connectivity index (χ2v) is 32.2. The number of hydrogen-bond acceptors (Lipinski definition) is 7. The normalized spacial score (nSPS) is 12.4. The zero-order chi connectivity index (χ0) is 73.2. The van der Waals surface area contributed by atoms with Crippen LogP contribution in [0.5, 0.6) is 0 Å². The van der Waals surface area contributed by atoms with E-state index in [0.717, 1.165) is 60.2 Å². The molecule has 7 nitrogen and oxygen atoms in total. The average molecular weight is 1310 g/mol. The summed E-state index contributed by atoms with van der Waals surface area (Å²) in [5.74, 6) is 7.91. The number of allylic oxidation sites excluding steroid dienone is 4. The van der Waals surface area contributed by atoms with Crippen LogP contribution in [0.25, 0.3) is 0 Å². The molecular weight excluding hydrogens is 1130 g/mol. The molecule has 0 radical (unpaired) electrons. The Bertz CT molecular complexity index is 1400. The minimum absolute atomic E-state index is 0.00704. The lowest BCUT2D eigenvalue weighted by Crippen LogP contribution is -2.25. The monoisotopic (exact) mass is 1310 g/mol. The molecule has 3 unspecified atom stereocenters. The molecule has 0 spiro atoms. The first kappa shape index (κ1) is 106. The fourth-order valence-electron chi connectivity index (χ4n) is 8.01. The number of hydrogen-bond donors (Lipinski definition) is 0. The van der Waals surface area contributed by atoms with E-state index in [1.165, 1.54) is 154 Å². The minimum atomic E-state index is -0.120. The molecule has 0 fully saturated rings. The molecule has 92 heavy (non-hydrogen) atoms. The highest BCUT2D eigenvalue weighted by molar-refractivity contribution is 5.72. The van der Waals surface area contributed by atoms with Gasteiger partial charge in [-0.2, -0.15) is 0 Å². The van der Waals surface area contributed by atoms with Crippen molar-refractivity contribution in [1.82, 2.24) is 4.90 Å². The second kappa shape index (κ2) is 76.2. The lowest BCUT2D eigenvalue weighted by Gasteiger charge is -2.23. The molecule has 0 saturated heterocycles. The molecule has 3 atom stereocenters. The van der Waals surface area contributed by atoms with E-state index in [1.807, 2.05) is 55.4 Å². The molecule has 0 aliphatic rings. The van der Waals surface area contributed by atoms with Crippen LogP contribution in [-0.4, -0.2) is 61.3 Å². The standard InChI is InChI=1S/C14H28O2.2C13H28.2C13H26.2C7H14O2.C5H13N/c1-10(2)7-8-14(15)16-13(12(5)6)9-11(3)4;2*1-12(2)10-8-6-5-7-9-11-13(3)4;2*1-5-6-7-8-9-10-11-13(4)12(2)3;2*1-5(2)7(8)9-6(3)4;1-5(2)6(3)4/h10-13H,7-9H2,1-6H3;2*12-13H,5-11H2,1-4H3;2*10-13H,5-9H2,1-4H3;2*5-6H,1-4H3;5H,1-4H3/b;;;2*11-10-;;;. The molecule has 0 bridgehead atoms. The lowest BCUT2D eigenvalue weighted by molar-refractivity contribution is -0.153. The minimum Gasteiger partial charge on any atom is -0.463 e. The topological polar surface area (TPSA) is 82.1 Å². The van der Waals surface area contributed by atoms with E-state index in [0.29, 0.717) is 30.2 Å². The van der Waals surface area contributed by atoms with Gasteiger partial charge in [-0.05, 0) is 159 Å². The van der Waals surface area contributed by atoms with Gasteiger partial charge in [-0.3, -0.25) is 14.4 Å².